The van der Waals surface area contributed by atoms with E-state index in [0.29, 0.717) is 11.9 Å². The summed E-state index contributed by atoms with van der Waals surface area (Å²) in [7, 11) is 0. The lowest BCUT2D eigenvalue weighted by Gasteiger charge is -2.24. The first kappa shape index (κ1) is 12.7. The van der Waals surface area contributed by atoms with Crippen LogP contribution in [0.4, 0.5) is 11.8 Å². The second kappa shape index (κ2) is 5.65. The van der Waals surface area contributed by atoms with E-state index in [0.717, 1.165) is 24.6 Å². The molecule has 0 radical (unpaired) electrons. The molecule has 5 heteroatoms. The molecule has 1 rings (SSSR count). The fraction of sp³-hybridized carbons (Fsp3) is 0.636. The summed E-state index contributed by atoms with van der Waals surface area (Å²) < 4.78 is 0. The first-order valence-electron chi connectivity index (χ1n) is 5.64. The fourth-order valence-electron chi connectivity index (χ4n) is 1.60. The van der Waals surface area contributed by atoms with E-state index in [1.165, 1.54) is 0 Å². The molecular weight excluding hydrogens is 202 g/mol. The molecule has 0 bridgehead atoms. The van der Waals surface area contributed by atoms with Gasteiger partial charge in [0.2, 0.25) is 5.95 Å². The van der Waals surface area contributed by atoms with E-state index in [1.54, 1.807) is 0 Å². The Morgan fingerprint density at radius 3 is 2.62 bits per heavy atom. The lowest BCUT2D eigenvalue weighted by Crippen LogP contribution is -2.28. The molecule has 1 heterocycles. The third-order valence-electron chi connectivity index (χ3n) is 2.26. The van der Waals surface area contributed by atoms with E-state index in [9.17, 15) is 0 Å². The molecule has 3 N–H and O–H groups in total. The largest absolute Gasteiger partial charge is 0.356 e. The van der Waals surface area contributed by atoms with Gasteiger partial charge >= 0.3 is 0 Å². The number of nitrogens with zero attached hydrogens (tertiary/aromatic N) is 3. The summed E-state index contributed by atoms with van der Waals surface area (Å²) in [5.41, 5.74) is 3.41. The summed E-state index contributed by atoms with van der Waals surface area (Å²) in [6.45, 7) is 10.4. The van der Waals surface area contributed by atoms with Crippen molar-refractivity contribution >= 4 is 11.8 Å². The lowest BCUT2D eigenvalue weighted by molar-refractivity contribution is 0.614. The summed E-state index contributed by atoms with van der Waals surface area (Å²) >= 11 is 0. The number of hydrogen-bond donors (Lipinski definition) is 2. The van der Waals surface area contributed by atoms with Gasteiger partial charge in [0.25, 0.3) is 0 Å². The normalized spacial score (nSPS) is 10.6. The van der Waals surface area contributed by atoms with Crippen LogP contribution in [-0.2, 0) is 0 Å². The fourth-order valence-corrected chi connectivity index (χ4v) is 1.60. The average molecular weight is 223 g/mol. The minimum atomic E-state index is 0.470. The zero-order valence-corrected chi connectivity index (χ0v) is 10.5. The van der Waals surface area contributed by atoms with E-state index in [2.05, 4.69) is 41.1 Å². The van der Waals surface area contributed by atoms with Crippen LogP contribution in [-0.4, -0.2) is 23.1 Å². The molecule has 0 spiro atoms. The summed E-state index contributed by atoms with van der Waals surface area (Å²) in [5.74, 6) is 7.34. The Kier molecular flexibility index (Phi) is 4.49. The Hall–Kier alpha value is -1.36. The second-order valence-electron chi connectivity index (χ2n) is 4.27. The molecule has 0 amide bonds. The monoisotopic (exact) mass is 223 g/mol. The third kappa shape index (κ3) is 3.34. The van der Waals surface area contributed by atoms with Gasteiger partial charge in [-0.2, -0.15) is 4.98 Å². The van der Waals surface area contributed by atoms with Gasteiger partial charge < -0.3 is 4.90 Å². The molecule has 0 saturated carbocycles. The SMILES string of the molecule is CCN(CC(C)C)c1cc(C)nc(NN)n1. The van der Waals surface area contributed by atoms with Crippen LogP contribution in [0, 0.1) is 12.8 Å². The first-order chi connectivity index (χ1) is 7.56. The van der Waals surface area contributed by atoms with Crippen molar-refractivity contribution in [2.24, 2.45) is 11.8 Å². The molecule has 0 unspecified atom stereocenters. The van der Waals surface area contributed by atoms with Crippen LogP contribution >= 0.6 is 0 Å². The predicted molar refractivity (Wildman–Crippen MR) is 67.3 cm³/mol. The van der Waals surface area contributed by atoms with Gasteiger partial charge in [0.1, 0.15) is 5.82 Å². The van der Waals surface area contributed by atoms with Gasteiger partial charge in [-0.05, 0) is 19.8 Å². The zero-order valence-electron chi connectivity index (χ0n) is 10.5. The van der Waals surface area contributed by atoms with E-state index in [1.807, 2.05) is 13.0 Å². The van der Waals surface area contributed by atoms with Gasteiger partial charge in [-0.25, -0.2) is 10.8 Å². The Morgan fingerprint density at radius 2 is 2.12 bits per heavy atom. The van der Waals surface area contributed by atoms with Crippen molar-refractivity contribution in [1.29, 1.82) is 0 Å². The van der Waals surface area contributed by atoms with Crippen LogP contribution in [0.15, 0.2) is 6.07 Å². The maximum atomic E-state index is 5.34. The van der Waals surface area contributed by atoms with Crippen molar-refractivity contribution in [2.75, 3.05) is 23.4 Å². The van der Waals surface area contributed by atoms with Crippen molar-refractivity contribution in [3.8, 4) is 0 Å². The molecule has 0 aliphatic carbocycles. The highest BCUT2D eigenvalue weighted by atomic mass is 15.3. The molecular formula is C11H21N5. The molecule has 1 aromatic heterocycles. The Morgan fingerprint density at radius 1 is 1.44 bits per heavy atom. The van der Waals surface area contributed by atoms with Gasteiger partial charge in [0.05, 0.1) is 0 Å². The molecule has 0 atom stereocenters. The number of aromatic nitrogens is 2. The molecule has 0 aromatic carbocycles. The molecule has 5 nitrogen and oxygen atoms in total. The molecule has 0 aliphatic heterocycles. The number of hydrazine groups is 1. The molecule has 0 aliphatic rings. The van der Waals surface area contributed by atoms with Gasteiger partial charge in [0, 0.05) is 24.8 Å². The van der Waals surface area contributed by atoms with Gasteiger partial charge in [0.15, 0.2) is 0 Å². The highest BCUT2D eigenvalue weighted by molar-refractivity contribution is 5.44. The number of hydrogen-bond acceptors (Lipinski definition) is 5. The van der Waals surface area contributed by atoms with Crippen LogP contribution in [0.3, 0.4) is 0 Å². The maximum absolute atomic E-state index is 5.34. The molecule has 1 aromatic rings. The van der Waals surface area contributed by atoms with E-state index < -0.39 is 0 Å². The Bertz CT molecular complexity index is 337. The van der Waals surface area contributed by atoms with Crippen LogP contribution < -0.4 is 16.2 Å². The van der Waals surface area contributed by atoms with Crippen LogP contribution in [0.1, 0.15) is 26.5 Å². The lowest BCUT2D eigenvalue weighted by atomic mass is 10.2. The topological polar surface area (TPSA) is 67.1 Å². The minimum absolute atomic E-state index is 0.470. The maximum Gasteiger partial charge on any atom is 0.239 e. The summed E-state index contributed by atoms with van der Waals surface area (Å²) in [6.07, 6.45) is 0. The molecule has 90 valence electrons. The van der Waals surface area contributed by atoms with Crippen LogP contribution in [0.2, 0.25) is 0 Å². The standard InChI is InChI=1S/C11H21N5/c1-5-16(7-8(2)3)10-6-9(4)13-11(14-10)15-12/h6,8H,5,7,12H2,1-4H3,(H,13,14,15). The predicted octanol–water partition coefficient (Wildman–Crippen LogP) is 1.55. The van der Waals surface area contributed by atoms with Crippen molar-refractivity contribution in [1.82, 2.24) is 9.97 Å². The highest BCUT2D eigenvalue weighted by Gasteiger charge is 2.10. The minimum Gasteiger partial charge on any atom is -0.356 e. The van der Waals surface area contributed by atoms with Crippen molar-refractivity contribution in [3.05, 3.63) is 11.8 Å². The number of nitrogen functional groups attached to an aromatic ring is 1. The van der Waals surface area contributed by atoms with Crippen molar-refractivity contribution in [3.63, 3.8) is 0 Å². The first-order valence-corrected chi connectivity index (χ1v) is 5.64. The second-order valence-corrected chi connectivity index (χ2v) is 4.27. The van der Waals surface area contributed by atoms with E-state index in [-0.39, 0.29) is 0 Å². The summed E-state index contributed by atoms with van der Waals surface area (Å²) in [5, 5.41) is 0. The van der Waals surface area contributed by atoms with Gasteiger partial charge in [-0.1, -0.05) is 13.8 Å². The molecule has 0 saturated heterocycles. The molecule has 0 fully saturated rings. The van der Waals surface area contributed by atoms with Gasteiger partial charge in [-0.3, -0.25) is 5.43 Å². The van der Waals surface area contributed by atoms with Gasteiger partial charge in [-0.15, -0.1) is 0 Å². The number of aryl methyl sites for hydroxylation is 1. The highest BCUT2D eigenvalue weighted by Crippen LogP contribution is 2.15. The van der Waals surface area contributed by atoms with Crippen LogP contribution in [0.25, 0.3) is 0 Å². The Labute approximate surface area is 97.0 Å². The van der Waals surface area contributed by atoms with E-state index >= 15 is 0 Å². The number of anilines is 2. The average Bonchev–Trinajstić information content (AvgIpc) is 2.24. The van der Waals surface area contributed by atoms with E-state index in [4.69, 9.17) is 5.84 Å². The van der Waals surface area contributed by atoms with Crippen molar-refractivity contribution < 1.29 is 0 Å². The molecule has 16 heavy (non-hydrogen) atoms. The summed E-state index contributed by atoms with van der Waals surface area (Å²) in [6, 6.07) is 1.98. The number of nitrogens with one attached hydrogen (secondary N) is 1. The quantitative estimate of drug-likeness (QED) is 0.585. The zero-order chi connectivity index (χ0) is 12.1. The Balaban J connectivity index is 2.95. The van der Waals surface area contributed by atoms with Crippen LogP contribution in [0.5, 0.6) is 0 Å². The van der Waals surface area contributed by atoms with Crippen molar-refractivity contribution in [2.45, 2.75) is 27.7 Å². The number of rotatable bonds is 5. The third-order valence-corrected chi connectivity index (χ3v) is 2.26. The number of nitrogens with two attached hydrogens (primary N) is 1. The smallest absolute Gasteiger partial charge is 0.239 e. The summed E-state index contributed by atoms with van der Waals surface area (Å²) in [4.78, 5) is 10.8.